The van der Waals surface area contributed by atoms with Crippen molar-refractivity contribution in [1.82, 2.24) is 5.43 Å². The van der Waals surface area contributed by atoms with E-state index in [1.165, 1.54) is 0 Å². The largest absolute Gasteiger partial charge is 0.493 e. The molecule has 1 amide bonds. The molecular formula is C23H23N3O4. The van der Waals surface area contributed by atoms with Crippen molar-refractivity contribution in [2.45, 2.75) is 13.3 Å². The number of benzene rings is 3. The average Bonchev–Trinajstić information content (AvgIpc) is 3.25. The quantitative estimate of drug-likeness (QED) is 0.439. The number of rotatable bonds is 8. The summed E-state index contributed by atoms with van der Waals surface area (Å²) < 4.78 is 16.5. The number of hydrogen-bond acceptors (Lipinski definition) is 6. The van der Waals surface area contributed by atoms with Crippen LogP contribution in [-0.4, -0.2) is 32.1 Å². The minimum Gasteiger partial charge on any atom is -0.493 e. The Balaban J connectivity index is 1.41. The highest BCUT2D eigenvalue weighted by Gasteiger charge is 2.13. The first kappa shape index (κ1) is 19.6. The number of nitrogens with one attached hydrogen (secondary N) is 2. The van der Waals surface area contributed by atoms with Crippen LogP contribution in [0.2, 0.25) is 0 Å². The molecule has 1 aliphatic heterocycles. The van der Waals surface area contributed by atoms with Crippen LogP contribution in [0.15, 0.2) is 59.7 Å². The zero-order chi connectivity index (χ0) is 20.8. The Hall–Kier alpha value is -3.74. The lowest BCUT2D eigenvalue weighted by molar-refractivity contribution is -0.119. The maximum Gasteiger partial charge on any atom is 0.259 e. The maximum atomic E-state index is 12.2. The SMILES string of the molecule is CCCOc1ccc2ccccc2c1/C=N\NC(=O)CNc1ccc2c(c1)OCO2. The molecule has 30 heavy (non-hydrogen) atoms. The van der Waals surface area contributed by atoms with E-state index in [0.717, 1.165) is 34.2 Å². The van der Waals surface area contributed by atoms with E-state index < -0.39 is 0 Å². The van der Waals surface area contributed by atoms with Gasteiger partial charge in [0.2, 0.25) is 6.79 Å². The van der Waals surface area contributed by atoms with Gasteiger partial charge in [-0.25, -0.2) is 5.43 Å². The average molecular weight is 405 g/mol. The van der Waals surface area contributed by atoms with Crippen molar-refractivity contribution in [3.05, 3.63) is 60.2 Å². The molecule has 3 aromatic rings. The third-order valence-electron chi connectivity index (χ3n) is 4.60. The van der Waals surface area contributed by atoms with Gasteiger partial charge in [-0.05, 0) is 35.4 Å². The molecular weight excluding hydrogens is 382 g/mol. The molecule has 154 valence electrons. The van der Waals surface area contributed by atoms with Crippen molar-refractivity contribution in [2.75, 3.05) is 25.3 Å². The van der Waals surface area contributed by atoms with Crippen LogP contribution in [0.5, 0.6) is 17.2 Å². The fourth-order valence-electron chi connectivity index (χ4n) is 3.14. The molecule has 3 aromatic carbocycles. The molecule has 2 N–H and O–H groups in total. The van der Waals surface area contributed by atoms with Crippen molar-refractivity contribution in [3.8, 4) is 17.2 Å². The standard InChI is InChI=1S/C23H23N3O4/c1-2-11-28-20-9-7-16-5-3-4-6-18(16)19(20)13-25-26-23(27)14-24-17-8-10-21-22(12-17)30-15-29-21/h3-10,12-13,24H,2,11,14-15H2,1H3,(H,26,27)/b25-13-. The van der Waals surface area contributed by atoms with Crippen molar-refractivity contribution < 1.29 is 19.0 Å². The van der Waals surface area contributed by atoms with Gasteiger partial charge in [-0.3, -0.25) is 4.79 Å². The molecule has 0 saturated heterocycles. The monoisotopic (exact) mass is 405 g/mol. The minimum atomic E-state index is -0.264. The fourth-order valence-corrected chi connectivity index (χ4v) is 3.14. The third kappa shape index (κ3) is 4.46. The van der Waals surface area contributed by atoms with E-state index in [0.29, 0.717) is 18.1 Å². The molecule has 0 atom stereocenters. The number of amides is 1. The van der Waals surface area contributed by atoms with E-state index in [1.54, 1.807) is 18.3 Å². The van der Waals surface area contributed by atoms with Crippen LogP contribution in [-0.2, 0) is 4.79 Å². The van der Waals surface area contributed by atoms with E-state index >= 15 is 0 Å². The number of hydrogen-bond donors (Lipinski definition) is 2. The van der Waals surface area contributed by atoms with Gasteiger partial charge >= 0.3 is 0 Å². The molecule has 1 aliphatic rings. The zero-order valence-electron chi connectivity index (χ0n) is 16.7. The second-order valence-corrected chi connectivity index (χ2v) is 6.76. The van der Waals surface area contributed by atoms with Crippen molar-refractivity contribution >= 4 is 28.6 Å². The number of hydrazone groups is 1. The Morgan fingerprint density at radius 2 is 2.00 bits per heavy atom. The number of carbonyl (C=O) groups is 1. The van der Waals surface area contributed by atoms with Crippen molar-refractivity contribution in [2.24, 2.45) is 5.10 Å². The molecule has 1 heterocycles. The number of nitrogens with zero attached hydrogens (tertiary/aromatic N) is 1. The van der Waals surface area contributed by atoms with Gasteiger partial charge in [-0.1, -0.05) is 37.3 Å². The summed E-state index contributed by atoms with van der Waals surface area (Å²) in [6.45, 7) is 2.96. The Morgan fingerprint density at radius 3 is 2.90 bits per heavy atom. The Kier molecular flexibility index (Phi) is 5.98. The first-order valence-corrected chi connectivity index (χ1v) is 9.84. The van der Waals surface area contributed by atoms with Crippen LogP contribution < -0.4 is 25.0 Å². The molecule has 7 nitrogen and oxygen atoms in total. The molecule has 0 radical (unpaired) electrons. The van der Waals surface area contributed by atoms with Gasteiger partial charge in [0, 0.05) is 17.3 Å². The Morgan fingerprint density at radius 1 is 1.13 bits per heavy atom. The number of ether oxygens (including phenoxy) is 3. The number of fused-ring (bicyclic) bond motifs is 2. The predicted octanol–water partition coefficient (Wildman–Crippen LogP) is 3.92. The highest BCUT2D eigenvalue weighted by atomic mass is 16.7. The summed E-state index contributed by atoms with van der Waals surface area (Å²) >= 11 is 0. The van der Waals surface area contributed by atoms with Crippen LogP contribution >= 0.6 is 0 Å². The van der Waals surface area contributed by atoms with Gasteiger partial charge < -0.3 is 19.5 Å². The summed E-state index contributed by atoms with van der Waals surface area (Å²) in [4.78, 5) is 12.2. The summed E-state index contributed by atoms with van der Waals surface area (Å²) in [5, 5.41) is 9.29. The molecule has 0 aromatic heterocycles. The van der Waals surface area contributed by atoms with E-state index in [-0.39, 0.29) is 19.2 Å². The predicted molar refractivity (Wildman–Crippen MR) is 117 cm³/mol. The molecule has 0 unspecified atom stereocenters. The van der Waals surface area contributed by atoms with Gasteiger partial charge in [-0.15, -0.1) is 0 Å². The summed E-state index contributed by atoms with van der Waals surface area (Å²) in [7, 11) is 0. The molecule has 0 spiro atoms. The third-order valence-corrected chi connectivity index (χ3v) is 4.60. The molecule has 0 bridgehead atoms. The Bertz CT molecular complexity index is 1080. The lowest BCUT2D eigenvalue weighted by atomic mass is 10.0. The van der Waals surface area contributed by atoms with Gasteiger partial charge in [-0.2, -0.15) is 5.10 Å². The van der Waals surface area contributed by atoms with Crippen LogP contribution in [0.25, 0.3) is 10.8 Å². The summed E-state index contributed by atoms with van der Waals surface area (Å²) in [5.74, 6) is 1.84. The number of anilines is 1. The minimum absolute atomic E-state index is 0.0751. The van der Waals surface area contributed by atoms with Gasteiger partial charge in [0.25, 0.3) is 5.91 Å². The van der Waals surface area contributed by atoms with E-state index in [1.807, 2.05) is 42.5 Å². The van der Waals surface area contributed by atoms with Gasteiger partial charge in [0.1, 0.15) is 5.75 Å². The summed E-state index contributed by atoms with van der Waals surface area (Å²) in [5.41, 5.74) is 4.16. The molecule has 4 rings (SSSR count). The highest BCUT2D eigenvalue weighted by molar-refractivity contribution is 6.02. The summed E-state index contributed by atoms with van der Waals surface area (Å²) in [6, 6.07) is 17.4. The molecule has 7 heteroatoms. The van der Waals surface area contributed by atoms with E-state index in [9.17, 15) is 4.79 Å². The smallest absolute Gasteiger partial charge is 0.259 e. The number of carbonyl (C=O) groups excluding carboxylic acids is 1. The van der Waals surface area contributed by atoms with Gasteiger partial charge in [0.15, 0.2) is 11.5 Å². The van der Waals surface area contributed by atoms with Gasteiger partial charge in [0.05, 0.1) is 19.4 Å². The first-order chi connectivity index (χ1) is 14.7. The molecule has 0 fully saturated rings. The normalized spacial score (nSPS) is 12.3. The second kappa shape index (κ2) is 9.17. The van der Waals surface area contributed by atoms with Crippen LogP contribution in [0.1, 0.15) is 18.9 Å². The molecule has 0 aliphatic carbocycles. The Labute approximate surface area is 174 Å². The van der Waals surface area contributed by atoms with Crippen LogP contribution in [0.3, 0.4) is 0 Å². The highest BCUT2D eigenvalue weighted by Crippen LogP contribution is 2.34. The van der Waals surface area contributed by atoms with E-state index in [4.69, 9.17) is 14.2 Å². The van der Waals surface area contributed by atoms with Crippen LogP contribution in [0.4, 0.5) is 5.69 Å². The maximum absolute atomic E-state index is 12.2. The van der Waals surface area contributed by atoms with E-state index in [2.05, 4.69) is 22.8 Å². The summed E-state index contributed by atoms with van der Waals surface area (Å²) in [6.07, 6.45) is 2.54. The lowest BCUT2D eigenvalue weighted by Crippen LogP contribution is -2.25. The zero-order valence-corrected chi connectivity index (χ0v) is 16.7. The topological polar surface area (TPSA) is 81.2 Å². The van der Waals surface area contributed by atoms with Crippen molar-refractivity contribution in [3.63, 3.8) is 0 Å². The van der Waals surface area contributed by atoms with Crippen molar-refractivity contribution in [1.29, 1.82) is 0 Å². The first-order valence-electron chi connectivity index (χ1n) is 9.84. The lowest BCUT2D eigenvalue weighted by Gasteiger charge is -2.11. The fraction of sp³-hybridized carbons (Fsp3) is 0.217. The van der Waals surface area contributed by atoms with Crippen LogP contribution in [0, 0.1) is 0 Å². The second-order valence-electron chi connectivity index (χ2n) is 6.76. The molecule has 0 saturated carbocycles.